The van der Waals surface area contributed by atoms with Gasteiger partial charge in [0.05, 0.1) is 0 Å². The van der Waals surface area contributed by atoms with Gasteiger partial charge in [0.15, 0.2) is 18.1 Å². The average molecular weight is 439 g/mol. The van der Waals surface area contributed by atoms with Gasteiger partial charge in [0.25, 0.3) is 5.91 Å². The summed E-state index contributed by atoms with van der Waals surface area (Å²) in [6.07, 6.45) is -3.75. The van der Waals surface area contributed by atoms with E-state index in [1.54, 1.807) is 48.5 Å². The molecule has 0 saturated carbocycles. The number of carbonyl (C=O) groups excluding carboxylic acids is 2. The van der Waals surface area contributed by atoms with Gasteiger partial charge in [0, 0.05) is 22.9 Å². The van der Waals surface area contributed by atoms with E-state index in [9.17, 15) is 18.4 Å². The maximum absolute atomic E-state index is 13.1. The number of esters is 1. The molecule has 0 aromatic heterocycles. The highest BCUT2D eigenvalue weighted by Crippen LogP contribution is 2.44. The van der Waals surface area contributed by atoms with Crippen molar-refractivity contribution in [3.05, 3.63) is 77.9 Å². The van der Waals surface area contributed by atoms with Crippen LogP contribution in [0.1, 0.15) is 17.0 Å². The topological polar surface area (TPSA) is 83.1 Å². The molecule has 0 fully saturated rings. The quantitative estimate of drug-likeness (QED) is 0.606. The molecule has 0 unspecified atom stereocenters. The number of hydrogen-bond acceptors (Lipinski definition) is 6. The highest BCUT2D eigenvalue weighted by Gasteiger charge is 2.43. The molecule has 0 aliphatic carbocycles. The summed E-state index contributed by atoms with van der Waals surface area (Å²) in [6, 6.07) is 18.0. The number of rotatable bonds is 4. The molecular weight excluding hydrogens is 424 g/mol. The third-order valence-electron chi connectivity index (χ3n) is 4.95. The number of carbonyl (C=O) groups is 2. The predicted octanol–water partition coefficient (Wildman–Crippen LogP) is 4.43. The molecule has 7 nitrogen and oxygen atoms in total. The van der Waals surface area contributed by atoms with Crippen LogP contribution in [0.4, 0.5) is 14.5 Å². The van der Waals surface area contributed by atoms with Crippen molar-refractivity contribution in [3.63, 3.8) is 0 Å². The number of nitrogens with one attached hydrogen (secondary N) is 1. The number of halogens is 2. The lowest BCUT2D eigenvalue weighted by molar-refractivity contribution is -0.286. The van der Waals surface area contributed by atoms with Gasteiger partial charge < -0.3 is 24.3 Å². The maximum atomic E-state index is 13.1. The summed E-state index contributed by atoms with van der Waals surface area (Å²) in [4.78, 5) is 25.2. The Labute approximate surface area is 180 Å². The van der Waals surface area contributed by atoms with Crippen LogP contribution in [0.25, 0.3) is 0 Å². The molecule has 2 aliphatic heterocycles. The Hall–Kier alpha value is -4.14. The van der Waals surface area contributed by atoms with Gasteiger partial charge in [-0.2, -0.15) is 0 Å². The van der Waals surface area contributed by atoms with Gasteiger partial charge in [-0.15, -0.1) is 8.78 Å². The smallest absolute Gasteiger partial charge is 0.457 e. The summed E-state index contributed by atoms with van der Waals surface area (Å²) < 4.78 is 46.1. The van der Waals surface area contributed by atoms with Crippen molar-refractivity contribution < 1.29 is 37.3 Å². The van der Waals surface area contributed by atoms with E-state index >= 15 is 0 Å². The molecule has 162 valence electrons. The Bertz CT molecular complexity index is 1180. The van der Waals surface area contributed by atoms with Crippen LogP contribution in [0.5, 0.6) is 23.0 Å². The van der Waals surface area contributed by atoms with Crippen LogP contribution in [-0.2, 0) is 14.3 Å². The van der Waals surface area contributed by atoms with E-state index in [2.05, 4.69) is 14.8 Å². The molecular formula is C23H15F2NO6. The normalized spacial score (nSPS) is 15.2. The minimum atomic E-state index is -3.75. The zero-order valence-corrected chi connectivity index (χ0v) is 16.3. The number of alkyl halides is 2. The van der Waals surface area contributed by atoms with E-state index in [4.69, 9.17) is 9.47 Å². The van der Waals surface area contributed by atoms with Crippen molar-refractivity contribution >= 4 is 17.6 Å². The number of hydrogen-bond donors (Lipinski definition) is 1. The molecule has 0 spiro atoms. The number of anilines is 1. The van der Waals surface area contributed by atoms with Gasteiger partial charge in [0.2, 0.25) is 0 Å². The first kappa shape index (κ1) is 19.8. The molecule has 3 aromatic rings. The number of ether oxygens (including phenoxy) is 4. The summed E-state index contributed by atoms with van der Waals surface area (Å²) in [5.74, 6) is -1.29. The van der Waals surface area contributed by atoms with Crippen LogP contribution < -0.4 is 19.5 Å². The van der Waals surface area contributed by atoms with Crippen molar-refractivity contribution in [2.75, 3.05) is 11.9 Å². The molecule has 0 saturated heterocycles. The number of benzene rings is 3. The number of fused-ring (bicyclic) bond motifs is 3. The molecule has 2 aliphatic rings. The molecule has 5 rings (SSSR count). The molecule has 0 bridgehead atoms. The van der Waals surface area contributed by atoms with Crippen molar-refractivity contribution in [3.8, 4) is 23.0 Å². The molecule has 3 aromatic carbocycles. The van der Waals surface area contributed by atoms with Gasteiger partial charge in [-0.3, -0.25) is 9.59 Å². The monoisotopic (exact) mass is 439 g/mol. The number of amides is 1. The summed E-state index contributed by atoms with van der Waals surface area (Å²) >= 11 is 0. The molecule has 1 N–H and O–H groups in total. The fraction of sp³-hybridized carbons (Fsp3) is 0.130. The van der Waals surface area contributed by atoms with E-state index in [1.165, 1.54) is 18.2 Å². The van der Waals surface area contributed by atoms with Crippen LogP contribution in [0.15, 0.2) is 66.7 Å². The predicted molar refractivity (Wildman–Crippen MR) is 107 cm³/mol. The fourth-order valence-electron chi connectivity index (χ4n) is 3.61. The SMILES string of the molecule is O=C(COC(=O)C1c2ccccc2Oc2ccccc21)Nc1ccc2c(c1)OC(F)(F)O2. The van der Waals surface area contributed by atoms with Crippen LogP contribution in [0.2, 0.25) is 0 Å². The van der Waals surface area contributed by atoms with E-state index in [0.717, 1.165) is 0 Å². The second-order valence-corrected chi connectivity index (χ2v) is 7.10. The lowest BCUT2D eigenvalue weighted by atomic mass is 9.88. The second kappa shape index (κ2) is 7.52. The minimum Gasteiger partial charge on any atom is -0.457 e. The Balaban J connectivity index is 1.27. The molecule has 0 radical (unpaired) electrons. The summed E-state index contributed by atoms with van der Waals surface area (Å²) in [7, 11) is 0. The van der Waals surface area contributed by atoms with Crippen LogP contribution in [0, 0.1) is 0 Å². The Kier molecular flexibility index (Phi) is 4.66. The van der Waals surface area contributed by atoms with Gasteiger partial charge in [-0.05, 0) is 24.3 Å². The van der Waals surface area contributed by atoms with Crippen LogP contribution >= 0.6 is 0 Å². The third-order valence-corrected chi connectivity index (χ3v) is 4.95. The largest absolute Gasteiger partial charge is 0.586 e. The summed E-state index contributed by atoms with van der Waals surface area (Å²) in [6.45, 7) is -0.564. The van der Waals surface area contributed by atoms with Crippen molar-refractivity contribution in [2.45, 2.75) is 12.2 Å². The van der Waals surface area contributed by atoms with Gasteiger partial charge in [-0.25, -0.2) is 0 Å². The van der Waals surface area contributed by atoms with Crippen molar-refractivity contribution in [1.82, 2.24) is 0 Å². The van der Waals surface area contributed by atoms with Gasteiger partial charge in [-0.1, -0.05) is 36.4 Å². The van der Waals surface area contributed by atoms with Crippen LogP contribution in [0.3, 0.4) is 0 Å². The standard InChI is InChI=1S/C23H15F2NO6/c24-23(25)31-18-10-9-13(11-19(18)32-23)26-20(27)12-29-22(28)21-14-5-1-3-7-16(14)30-17-8-4-2-6-15(17)21/h1-11,21H,12H2,(H,26,27). The third kappa shape index (κ3) is 3.68. The first-order chi connectivity index (χ1) is 15.4. The first-order valence-electron chi connectivity index (χ1n) is 9.62. The van der Waals surface area contributed by atoms with E-state index in [1.807, 2.05) is 0 Å². The Morgan fingerprint density at radius 2 is 1.50 bits per heavy atom. The summed E-state index contributed by atoms with van der Waals surface area (Å²) in [5.41, 5.74) is 1.45. The zero-order chi connectivity index (χ0) is 22.3. The van der Waals surface area contributed by atoms with Crippen LogP contribution in [-0.4, -0.2) is 24.8 Å². The van der Waals surface area contributed by atoms with Crippen molar-refractivity contribution in [1.29, 1.82) is 0 Å². The maximum Gasteiger partial charge on any atom is 0.586 e. The average Bonchev–Trinajstić information content (AvgIpc) is 3.08. The molecule has 0 atom stereocenters. The van der Waals surface area contributed by atoms with E-state index in [-0.39, 0.29) is 17.2 Å². The van der Waals surface area contributed by atoms with Crippen molar-refractivity contribution in [2.24, 2.45) is 0 Å². The fourth-order valence-corrected chi connectivity index (χ4v) is 3.61. The van der Waals surface area contributed by atoms with E-state index in [0.29, 0.717) is 22.6 Å². The van der Waals surface area contributed by atoms with Gasteiger partial charge in [0.1, 0.15) is 17.4 Å². The lowest BCUT2D eigenvalue weighted by Crippen LogP contribution is -2.26. The highest BCUT2D eigenvalue weighted by molar-refractivity contribution is 5.94. The first-order valence-corrected chi connectivity index (χ1v) is 9.62. The zero-order valence-electron chi connectivity index (χ0n) is 16.3. The number of para-hydroxylation sites is 2. The highest BCUT2D eigenvalue weighted by atomic mass is 19.3. The minimum absolute atomic E-state index is 0.142. The summed E-state index contributed by atoms with van der Waals surface area (Å²) in [5, 5.41) is 2.47. The Morgan fingerprint density at radius 1 is 0.875 bits per heavy atom. The lowest BCUT2D eigenvalue weighted by Gasteiger charge is -2.26. The van der Waals surface area contributed by atoms with Gasteiger partial charge >= 0.3 is 12.3 Å². The molecule has 9 heteroatoms. The van der Waals surface area contributed by atoms with E-state index < -0.39 is 30.7 Å². The Morgan fingerprint density at radius 3 is 2.19 bits per heavy atom. The second-order valence-electron chi connectivity index (χ2n) is 7.10. The molecule has 32 heavy (non-hydrogen) atoms. The molecule has 2 heterocycles. The molecule has 1 amide bonds.